The van der Waals surface area contributed by atoms with E-state index in [1.807, 2.05) is 0 Å². The lowest BCUT2D eigenvalue weighted by Crippen LogP contribution is -2.28. The Morgan fingerprint density at radius 3 is 3.00 bits per heavy atom. The Balaban J connectivity index is 2.72. The molecule has 0 fully saturated rings. The summed E-state index contributed by atoms with van der Waals surface area (Å²) in [5.74, 6) is -0.701. The molecule has 84 valence electrons. The minimum Gasteiger partial charge on any atom is -0.463 e. The molecule has 5 heteroatoms. The number of carbonyl (C=O) groups excluding carboxylic acids is 1. The summed E-state index contributed by atoms with van der Waals surface area (Å²) >= 11 is 0. The zero-order valence-electron chi connectivity index (χ0n) is 8.93. The second-order valence-electron chi connectivity index (χ2n) is 3.59. The average Bonchev–Trinajstić information content (AvgIpc) is 2.65. The second kappa shape index (κ2) is 4.91. The van der Waals surface area contributed by atoms with E-state index in [1.54, 1.807) is 13.0 Å². The van der Waals surface area contributed by atoms with Gasteiger partial charge in [0.05, 0.1) is 12.5 Å². The van der Waals surface area contributed by atoms with Crippen molar-refractivity contribution < 1.29 is 14.5 Å². The van der Waals surface area contributed by atoms with Gasteiger partial charge in [-0.2, -0.15) is 0 Å². The van der Waals surface area contributed by atoms with Gasteiger partial charge in [-0.25, -0.2) is 4.79 Å². The van der Waals surface area contributed by atoms with Gasteiger partial charge >= 0.3 is 5.97 Å². The fraction of sp³-hybridized carbons (Fsp3) is 0.700. The van der Waals surface area contributed by atoms with Gasteiger partial charge in [0.1, 0.15) is 0 Å². The Labute approximate surface area is 88.3 Å². The summed E-state index contributed by atoms with van der Waals surface area (Å²) in [6.07, 6.45) is 3.13. The zero-order chi connectivity index (χ0) is 11.4. The predicted octanol–water partition coefficient (Wildman–Crippen LogP) is 1.55. The first-order valence-electron chi connectivity index (χ1n) is 5.08. The second-order valence-corrected chi connectivity index (χ2v) is 3.59. The van der Waals surface area contributed by atoms with Crippen molar-refractivity contribution in [1.82, 2.24) is 0 Å². The molecule has 1 rings (SSSR count). The largest absolute Gasteiger partial charge is 0.463 e. The molecule has 0 aromatic heterocycles. The van der Waals surface area contributed by atoms with Crippen LogP contribution in [0.2, 0.25) is 0 Å². The minimum atomic E-state index is -0.719. The molecule has 0 saturated carbocycles. The van der Waals surface area contributed by atoms with Gasteiger partial charge in [0.15, 0.2) is 0 Å². The van der Waals surface area contributed by atoms with E-state index in [2.05, 4.69) is 0 Å². The molecule has 2 atom stereocenters. The van der Waals surface area contributed by atoms with Crippen LogP contribution in [0.15, 0.2) is 11.6 Å². The summed E-state index contributed by atoms with van der Waals surface area (Å²) in [4.78, 5) is 21.8. The van der Waals surface area contributed by atoms with E-state index in [1.165, 1.54) is 6.92 Å². The molecule has 0 aromatic carbocycles. The molecule has 5 nitrogen and oxygen atoms in total. The van der Waals surface area contributed by atoms with Crippen molar-refractivity contribution in [3.8, 4) is 0 Å². The lowest BCUT2D eigenvalue weighted by Gasteiger charge is -2.14. The van der Waals surface area contributed by atoms with E-state index < -0.39 is 12.0 Å². The molecule has 0 heterocycles. The van der Waals surface area contributed by atoms with Crippen molar-refractivity contribution in [3.05, 3.63) is 21.8 Å². The van der Waals surface area contributed by atoms with Crippen LogP contribution < -0.4 is 0 Å². The maximum absolute atomic E-state index is 11.5. The number of nitrogens with zero attached hydrogens (tertiary/aromatic N) is 1. The fourth-order valence-corrected chi connectivity index (χ4v) is 1.82. The van der Waals surface area contributed by atoms with E-state index in [9.17, 15) is 14.9 Å². The Kier molecular flexibility index (Phi) is 3.82. The number of carbonyl (C=O) groups is 1. The highest BCUT2D eigenvalue weighted by Gasteiger charge is 2.36. The lowest BCUT2D eigenvalue weighted by molar-refractivity contribution is -0.525. The third-order valence-corrected chi connectivity index (χ3v) is 2.67. The van der Waals surface area contributed by atoms with Crippen LogP contribution in [-0.2, 0) is 9.53 Å². The lowest BCUT2D eigenvalue weighted by atomic mass is 9.94. The van der Waals surface area contributed by atoms with Gasteiger partial charge in [-0.05, 0) is 19.8 Å². The molecule has 0 radical (unpaired) electrons. The summed E-state index contributed by atoms with van der Waals surface area (Å²) in [6.45, 7) is 3.55. The summed E-state index contributed by atoms with van der Waals surface area (Å²) in [6, 6.07) is -0.719. The smallest absolute Gasteiger partial charge is 0.334 e. The molecule has 0 aromatic rings. The van der Waals surface area contributed by atoms with Crippen LogP contribution in [0.25, 0.3) is 0 Å². The monoisotopic (exact) mass is 213 g/mol. The van der Waals surface area contributed by atoms with Crippen LogP contribution >= 0.6 is 0 Å². The fourth-order valence-electron chi connectivity index (χ4n) is 1.82. The molecule has 0 saturated heterocycles. The Hall–Kier alpha value is -1.39. The molecule has 1 aliphatic rings. The normalized spacial score (nSPS) is 22.0. The van der Waals surface area contributed by atoms with Gasteiger partial charge in [-0.15, -0.1) is 0 Å². The highest BCUT2D eigenvalue weighted by molar-refractivity contribution is 5.89. The number of esters is 1. The first-order chi connectivity index (χ1) is 7.07. The van der Waals surface area contributed by atoms with Crippen LogP contribution in [0.4, 0.5) is 0 Å². The third kappa shape index (κ3) is 2.55. The molecule has 15 heavy (non-hydrogen) atoms. The standard InChI is InChI=1S/C10H15NO4/c1-3-15-10(12)9-6-4-5-8(9)7(2)11(13)14/h6-8H,3-5H2,1-2H3. The predicted molar refractivity (Wildman–Crippen MR) is 53.9 cm³/mol. The van der Waals surface area contributed by atoms with E-state index in [0.717, 1.165) is 6.42 Å². The molecule has 0 bridgehead atoms. The molecule has 1 aliphatic carbocycles. The van der Waals surface area contributed by atoms with Gasteiger partial charge in [0.2, 0.25) is 6.04 Å². The topological polar surface area (TPSA) is 69.4 Å². The zero-order valence-corrected chi connectivity index (χ0v) is 8.93. The SMILES string of the molecule is CCOC(=O)C1=CCCC1C(C)[N+](=O)[O-]. The average molecular weight is 213 g/mol. The molecule has 2 unspecified atom stereocenters. The minimum absolute atomic E-state index is 0.293. The summed E-state index contributed by atoms with van der Waals surface area (Å²) < 4.78 is 4.86. The number of allylic oxidation sites excluding steroid dienone is 1. The number of hydrogen-bond acceptors (Lipinski definition) is 4. The van der Waals surface area contributed by atoms with Crippen LogP contribution in [0, 0.1) is 16.0 Å². The van der Waals surface area contributed by atoms with E-state index in [4.69, 9.17) is 4.74 Å². The van der Waals surface area contributed by atoms with Crippen molar-refractivity contribution in [2.75, 3.05) is 6.61 Å². The maximum atomic E-state index is 11.5. The van der Waals surface area contributed by atoms with Crippen molar-refractivity contribution in [2.45, 2.75) is 32.7 Å². The van der Waals surface area contributed by atoms with Crippen LogP contribution in [0.1, 0.15) is 26.7 Å². The third-order valence-electron chi connectivity index (χ3n) is 2.67. The first-order valence-corrected chi connectivity index (χ1v) is 5.08. The van der Waals surface area contributed by atoms with Gasteiger partial charge in [-0.3, -0.25) is 10.1 Å². The van der Waals surface area contributed by atoms with Gasteiger partial charge in [-0.1, -0.05) is 6.08 Å². The van der Waals surface area contributed by atoms with Crippen molar-refractivity contribution in [2.24, 2.45) is 5.92 Å². The van der Waals surface area contributed by atoms with Crippen molar-refractivity contribution >= 4 is 5.97 Å². The maximum Gasteiger partial charge on any atom is 0.334 e. The molecule has 0 N–H and O–H groups in total. The summed E-state index contributed by atoms with van der Waals surface area (Å²) in [7, 11) is 0. The number of hydrogen-bond donors (Lipinski definition) is 0. The van der Waals surface area contributed by atoms with Gasteiger partial charge < -0.3 is 4.74 Å². The molecule has 0 spiro atoms. The van der Waals surface area contributed by atoms with Crippen LogP contribution in [0.5, 0.6) is 0 Å². The van der Waals surface area contributed by atoms with E-state index in [-0.39, 0.29) is 10.8 Å². The van der Waals surface area contributed by atoms with Crippen LogP contribution in [0.3, 0.4) is 0 Å². The van der Waals surface area contributed by atoms with Crippen molar-refractivity contribution in [1.29, 1.82) is 0 Å². The molecular weight excluding hydrogens is 198 g/mol. The molecular formula is C10H15NO4. The first kappa shape index (κ1) is 11.7. The number of nitro groups is 1. The summed E-state index contributed by atoms with van der Waals surface area (Å²) in [5, 5.41) is 10.6. The van der Waals surface area contributed by atoms with E-state index in [0.29, 0.717) is 18.6 Å². The highest BCUT2D eigenvalue weighted by atomic mass is 16.6. The number of rotatable bonds is 4. The Morgan fingerprint density at radius 2 is 2.47 bits per heavy atom. The van der Waals surface area contributed by atoms with E-state index >= 15 is 0 Å². The Bertz CT molecular complexity index is 298. The van der Waals surface area contributed by atoms with Crippen molar-refractivity contribution in [3.63, 3.8) is 0 Å². The molecule has 0 aliphatic heterocycles. The van der Waals surface area contributed by atoms with Gasteiger partial charge in [0.25, 0.3) is 0 Å². The highest BCUT2D eigenvalue weighted by Crippen LogP contribution is 2.30. The van der Waals surface area contributed by atoms with Gasteiger partial charge in [0, 0.05) is 17.4 Å². The number of ether oxygens (including phenoxy) is 1. The van der Waals surface area contributed by atoms with Crippen LogP contribution in [-0.4, -0.2) is 23.5 Å². The molecule has 0 amide bonds. The summed E-state index contributed by atoms with van der Waals surface area (Å²) in [5.41, 5.74) is 0.473. The quantitative estimate of drug-likeness (QED) is 0.403. The Morgan fingerprint density at radius 1 is 1.80 bits per heavy atom.